The Labute approximate surface area is 178 Å². The molecule has 4 atom stereocenters. The van der Waals surface area contributed by atoms with Crippen LogP contribution >= 0.6 is 0 Å². The molecule has 0 aromatic heterocycles. The minimum absolute atomic E-state index is 0.238. The van der Waals surface area contributed by atoms with Crippen molar-refractivity contribution in [1.29, 1.82) is 0 Å². The van der Waals surface area contributed by atoms with Gasteiger partial charge < -0.3 is 32.1 Å². The number of unbranched alkanes of at least 4 members (excludes halogenated alkanes) is 1. The standard InChI is InChI=1S/C20H37N5O5/c1-12(2)11-14(22)18(27)23-13(3)17(26)24-15(7-4-5-9-21)19(28)25-10-6-8-16(25)20(29)30/h12-16H,4-11,21-22H2,1-3H3,(H,23,27)(H,24,26)(H,29,30). The van der Waals surface area contributed by atoms with Crippen LogP contribution in [0, 0.1) is 5.92 Å². The molecule has 0 radical (unpaired) electrons. The van der Waals surface area contributed by atoms with Gasteiger partial charge in [0.15, 0.2) is 0 Å². The molecule has 0 aromatic rings. The Morgan fingerprint density at radius 3 is 2.33 bits per heavy atom. The average Bonchev–Trinajstić information content (AvgIpc) is 3.16. The number of carboxylic acids is 1. The second-order valence-corrected chi connectivity index (χ2v) is 8.34. The van der Waals surface area contributed by atoms with Crippen LogP contribution in [0.1, 0.15) is 59.3 Å². The highest BCUT2D eigenvalue weighted by molar-refractivity contribution is 5.94. The lowest BCUT2D eigenvalue weighted by atomic mass is 10.0. The first-order valence-electron chi connectivity index (χ1n) is 10.7. The maximum Gasteiger partial charge on any atom is 0.326 e. The zero-order valence-electron chi connectivity index (χ0n) is 18.2. The van der Waals surface area contributed by atoms with Gasteiger partial charge in [-0.15, -0.1) is 0 Å². The Kier molecular flexibility index (Phi) is 10.8. The van der Waals surface area contributed by atoms with Crippen molar-refractivity contribution in [1.82, 2.24) is 15.5 Å². The second-order valence-electron chi connectivity index (χ2n) is 8.34. The van der Waals surface area contributed by atoms with Crippen molar-refractivity contribution in [3.05, 3.63) is 0 Å². The number of rotatable bonds is 12. The van der Waals surface area contributed by atoms with E-state index in [2.05, 4.69) is 10.6 Å². The van der Waals surface area contributed by atoms with Crippen LogP contribution in [-0.4, -0.2) is 71.0 Å². The van der Waals surface area contributed by atoms with E-state index in [0.29, 0.717) is 51.6 Å². The summed E-state index contributed by atoms with van der Waals surface area (Å²) in [4.78, 5) is 50.5. The van der Waals surface area contributed by atoms with Crippen LogP contribution in [0.4, 0.5) is 0 Å². The molecule has 1 rings (SSSR count). The van der Waals surface area contributed by atoms with Crippen LogP contribution < -0.4 is 22.1 Å². The van der Waals surface area contributed by atoms with E-state index in [4.69, 9.17) is 11.5 Å². The summed E-state index contributed by atoms with van der Waals surface area (Å²) in [5.74, 6) is -2.17. The molecule has 0 saturated carbocycles. The molecule has 4 unspecified atom stereocenters. The zero-order chi connectivity index (χ0) is 22.8. The molecule has 1 aliphatic heterocycles. The van der Waals surface area contributed by atoms with E-state index in [9.17, 15) is 24.3 Å². The lowest BCUT2D eigenvalue weighted by Crippen LogP contribution is -2.56. The van der Waals surface area contributed by atoms with Crippen molar-refractivity contribution in [2.75, 3.05) is 13.1 Å². The molecule has 0 aromatic carbocycles. The molecule has 3 amide bonds. The Morgan fingerprint density at radius 1 is 1.10 bits per heavy atom. The predicted molar refractivity (Wildman–Crippen MR) is 112 cm³/mol. The summed E-state index contributed by atoms with van der Waals surface area (Å²) in [6.07, 6.45) is 3.12. The molecular formula is C20H37N5O5. The zero-order valence-corrected chi connectivity index (χ0v) is 18.2. The Hall–Kier alpha value is -2.20. The number of nitrogens with zero attached hydrogens (tertiary/aromatic N) is 1. The van der Waals surface area contributed by atoms with E-state index < -0.39 is 47.9 Å². The maximum absolute atomic E-state index is 13.0. The fourth-order valence-corrected chi connectivity index (χ4v) is 3.54. The molecule has 0 aliphatic carbocycles. The molecule has 10 nitrogen and oxygen atoms in total. The molecule has 1 heterocycles. The van der Waals surface area contributed by atoms with Crippen LogP contribution in [0.3, 0.4) is 0 Å². The second kappa shape index (κ2) is 12.5. The Bertz CT molecular complexity index is 612. The van der Waals surface area contributed by atoms with Gasteiger partial charge in [0.05, 0.1) is 6.04 Å². The Morgan fingerprint density at radius 2 is 1.77 bits per heavy atom. The normalized spacial score (nSPS) is 19.3. The van der Waals surface area contributed by atoms with Crippen molar-refractivity contribution in [3.8, 4) is 0 Å². The van der Waals surface area contributed by atoms with Crippen molar-refractivity contribution in [2.45, 2.75) is 83.5 Å². The van der Waals surface area contributed by atoms with E-state index in [0.717, 1.165) is 0 Å². The molecule has 172 valence electrons. The highest BCUT2D eigenvalue weighted by atomic mass is 16.4. The molecule has 0 spiro atoms. The van der Waals surface area contributed by atoms with Gasteiger partial charge in [-0.1, -0.05) is 13.8 Å². The predicted octanol–water partition coefficient (Wildman–Crippen LogP) is -0.446. The first-order valence-corrected chi connectivity index (χ1v) is 10.7. The molecular weight excluding hydrogens is 390 g/mol. The molecule has 1 aliphatic rings. The van der Waals surface area contributed by atoms with Crippen molar-refractivity contribution < 1.29 is 24.3 Å². The summed E-state index contributed by atoms with van der Waals surface area (Å²) in [5, 5.41) is 14.6. The third-order valence-corrected chi connectivity index (χ3v) is 5.20. The quantitative estimate of drug-likeness (QED) is 0.263. The average molecular weight is 428 g/mol. The third kappa shape index (κ3) is 7.91. The van der Waals surface area contributed by atoms with E-state index in [1.165, 1.54) is 11.8 Å². The highest BCUT2D eigenvalue weighted by Crippen LogP contribution is 2.20. The minimum Gasteiger partial charge on any atom is -0.480 e. The van der Waals surface area contributed by atoms with Crippen molar-refractivity contribution >= 4 is 23.7 Å². The molecule has 30 heavy (non-hydrogen) atoms. The molecule has 0 bridgehead atoms. The van der Waals surface area contributed by atoms with Crippen LogP contribution in [0.5, 0.6) is 0 Å². The monoisotopic (exact) mass is 427 g/mol. The summed E-state index contributed by atoms with van der Waals surface area (Å²) in [6, 6.07) is -3.34. The minimum atomic E-state index is -1.05. The van der Waals surface area contributed by atoms with Crippen LogP contribution in [0.15, 0.2) is 0 Å². The largest absolute Gasteiger partial charge is 0.480 e. The summed E-state index contributed by atoms with van der Waals surface area (Å²) in [6.45, 7) is 6.21. The van der Waals surface area contributed by atoms with Crippen LogP contribution in [-0.2, 0) is 19.2 Å². The van der Waals surface area contributed by atoms with E-state index >= 15 is 0 Å². The van der Waals surface area contributed by atoms with E-state index in [-0.39, 0.29) is 5.92 Å². The Balaban J connectivity index is 2.78. The first-order chi connectivity index (χ1) is 14.1. The molecule has 1 fully saturated rings. The topological polar surface area (TPSA) is 168 Å². The van der Waals surface area contributed by atoms with Gasteiger partial charge in [0.25, 0.3) is 0 Å². The number of nitrogens with one attached hydrogen (secondary N) is 2. The number of likely N-dealkylation sites (tertiary alicyclic amines) is 1. The summed E-state index contributed by atoms with van der Waals surface area (Å²) >= 11 is 0. The first kappa shape index (κ1) is 25.8. The lowest BCUT2D eigenvalue weighted by molar-refractivity contribution is -0.149. The summed E-state index contributed by atoms with van der Waals surface area (Å²) in [5.41, 5.74) is 11.4. The SMILES string of the molecule is CC(C)CC(N)C(=O)NC(C)C(=O)NC(CCCCN)C(=O)N1CCCC1C(=O)O. The molecule has 7 N–H and O–H groups in total. The highest BCUT2D eigenvalue weighted by Gasteiger charge is 2.37. The van der Waals surface area contributed by atoms with Gasteiger partial charge in [-0.3, -0.25) is 14.4 Å². The van der Waals surface area contributed by atoms with Crippen molar-refractivity contribution in [2.24, 2.45) is 17.4 Å². The van der Waals surface area contributed by atoms with Gasteiger partial charge in [-0.05, 0) is 57.9 Å². The third-order valence-electron chi connectivity index (χ3n) is 5.20. The number of aliphatic carboxylic acids is 1. The maximum atomic E-state index is 13.0. The summed E-state index contributed by atoms with van der Waals surface area (Å²) in [7, 11) is 0. The smallest absolute Gasteiger partial charge is 0.326 e. The number of amides is 3. The van der Waals surface area contributed by atoms with Crippen LogP contribution in [0.2, 0.25) is 0 Å². The number of nitrogens with two attached hydrogens (primary N) is 2. The van der Waals surface area contributed by atoms with E-state index in [1.54, 1.807) is 0 Å². The number of carbonyl (C=O) groups is 4. The van der Waals surface area contributed by atoms with Gasteiger partial charge in [0, 0.05) is 6.54 Å². The van der Waals surface area contributed by atoms with Gasteiger partial charge in [0.2, 0.25) is 17.7 Å². The number of carboxylic acid groups (broad SMARTS) is 1. The number of carbonyl (C=O) groups excluding carboxylic acids is 3. The van der Waals surface area contributed by atoms with Gasteiger partial charge in [-0.25, -0.2) is 4.79 Å². The van der Waals surface area contributed by atoms with Gasteiger partial charge in [0.1, 0.15) is 18.1 Å². The molecule has 10 heteroatoms. The van der Waals surface area contributed by atoms with E-state index in [1.807, 2.05) is 13.8 Å². The van der Waals surface area contributed by atoms with Crippen molar-refractivity contribution in [3.63, 3.8) is 0 Å². The number of hydrogen-bond acceptors (Lipinski definition) is 6. The summed E-state index contributed by atoms with van der Waals surface area (Å²) < 4.78 is 0. The van der Waals surface area contributed by atoms with Crippen LogP contribution in [0.25, 0.3) is 0 Å². The molecule has 1 saturated heterocycles. The fourth-order valence-electron chi connectivity index (χ4n) is 3.54. The van der Waals surface area contributed by atoms with Gasteiger partial charge in [-0.2, -0.15) is 0 Å². The number of hydrogen-bond donors (Lipinski definition) is 5. The lowest BCUT2D eigenvalue weighted by Gasteiger charge is -2.28. The van der Waals surface area contributed by atoms with Gasteiger partial charge >= 0.3 is 5.97 Å². The fraction of sp³-hybridized carbons (Fsp3) is 0.800.